The van der Waals surface area contributed by atoms with Gasteiger partial charge in [-0.15, -0.1) is 0 Å². The summed E-state index contributed by atoms with van der Waals surface area (Å²) >= 11 is 0. The van der Waals surface area contributed by atoms with Crippen molar-refractivity contribution in [3.63, 3.8) is 0 Å². The van der Waals surface area contributed by atoms with Crippen LogP contribution >= 0.6 is 0 Å². The molecule has 1 aromatic carbocycles. The third-order valence-electron chi connectivity index (χ3n) is 3.14. The minimum Gasteiger partial charge on any atom is -0.308 e. The molecule has 108 valence electrons. The smallest absolute Gasteiger partial charge is 0.308 e. The molecule has 0 amide bonds. The zero-order chi connectivity index (χ0) is 14.9. The van der Waals surface area contributed by atoms with Gasteiger partial charge in [0.2, 0.25) is 5.84 Å². The Morgan fingerprint density at radius 1 is 1.30 bits per heavy atom. The lowest BCUT2D eigenvalue weighted by Gasteiger charge is -2.39. The topological polar surface area (TPSA) is 63.0 Å². The van der Waals surface area contributed by atoms with Crippen molar-refractivity contribution in [2.75, 3.05) is 6.54 Å². The molecule has 0 bridgehead atoms. The van der Waals surface area contributed by atoms with E-state index in [4.69, 9.17) is 10.8 Å². The Morgan fingerprint density at radius 3 is 2.45 bits per heavy atom. The molecule has 0 spiro atoms. The quantitative estimate of drug-likeness (QED) is 0.548. The molecule has 1 aromatic rings. The van der Waals surface area contributed by atoms with Crippen molar-refractivity contribution in [1.82, 2.24) is 10.2 Å². The first-order valence-electron chi connectivity index (χ1n) is 6.13. The molecule has 0 aliphatic carbocycles. The second kappa shape index (κ2) is 5.24. The number of nitrogens with one attached hydrogen (secondary N) is 3. The second-order valence-electron chi connectivity index (χ2n) is 4.75. The molecule has 3 N–H and O–H groups in total. The van der Waals surface area contributed by atoms with E-state index >= 15 is 0 Å². The molecule has 0 radical (unpaired) electrons. The van der Waals surface area contributed by atoms with Crippen LogP contribution in [0.2, 0.25) is 0 Å². The van der Waals surface area contributed by atoms with E-state index in [9.17, 15) is 13.2 Å². The first kappa shape index (κ1) is 14.5. The molecule has 4 nitrogen and oxygen atoms in total. The summed E-state index contributed by atoms with van der Waals surface area (Å²) in [7, 11) is 0. The zero-order valence-corrected chi connectivity index (χ0v) is 10.8. The average molecular weight is 284 g/mol. The van der Waals surface area contributed by atoms with Gasteiger partial charge in [-0.25, -0.2) is 0 Å². The molecule has 2 atom stereocenters. The van der Waals surface area contributed by atoms with E-state index in [1.807, 2.05) is 0 Å². The molecule has 0 aromatic heterocycles. The minimum absolute atomic E-state index is 0.0412. The largest absolute Gasteiger partial charge is 0.449 e. The van der Waals surface area contributed by atoms with E-state index in [0.717, 1.165) is 4.90 Å². The van der Waals surface area contributed by atoms with Crippen molar-refractivity contribution in [3.05, 3.63) is 35.9 Å². The predicted octanol–water partition coefficient (Wildman–Crippen LogP) is 2.54. The minimum atomic E-state index is -4.75. The van der Waals surface area contributed by atoms with Gasteiger partial charge in [0.25, 0.3) is 0 Å². The fourth-order valence-electron chi connectivity index (χ4n) is 2.21. The van der Waals surface area contributed by atoms with Crippen LogP contribution in [0, 0.1) is 10.8 Å². The molecule has 7 heteroatoms. The second-order valence-corrected chi connectivity index (χ2v) is 4.75. The highest BCUT2D eigenvalue weighted by atomic mass is 19.4. The summed E-state index contributed by atoms with van der Waals surface area (Å²) in [5.41, 5.74) is 0.712. The van der Waals surface area contributed by atoms with Crippen LogP contribution in [0.1, 0.15) is 18.5 Å². The number of hydrogen-bond donors (Lipinski definition) is 3. The van der Waals surface area contributed by atoms with Crippen LogP contribution in [0.5, 0.6) is 0 Å². The van der Waals surface area contributed by atoms with Crippen LogP contribution in [0.3, 0.4) is 0 Å². The van der Waals surface area contributed by atoms with Gasteiger partial charge >= 0.3 is 6.18 Å². The molecule has 2 unspecified atom stereocenters. The summed E-state index contributed by atoms with van der Waals surface area (Å²) in [5.74, 6) is -1.74. The number of nitrogens with zero attached hydrogens (tertiary/aromatic N) is 1. The van der Waals surface area contributed by atoms with E-state index in [-0.39, 0.29) is 18.4 Å². The lowest BCUT2D eigenvalue weighted by Crippen LogP contribution is -2.58. The number of rotatable bonds is 1. The van der Waals surface area contributed by atoms with E-state index in [0.29, 0.717) is 5.56 Å². The third kappa shape index (κ3) is 2.82. The Hall–Kier alpha value is -1.89. The first-order valence-corrected chi connectivity index (χ1v) is 6.13. The molecule has 1 aliphatic heterocycles. The molecule has 0 saturated carbocycles. The molecule has 1 saturated heterocycles. The van der Waals surface area contributed by atoms with Crippen molar-refractivity contribution >= 4 is 11.7 Å². The van der Waals surface area contributed by atoms with Gasteiger partial charge in [0.15, 0.2) is 0 Å². The summed E-state index contributed by atoms with van der Waals surface area (Å²) in [5, 5.41) is 18.3. The highest BCUT2D eigenvalue weighted by Crippen LogP contribution is 2.26. The Morgan fingerprint density at radius 2 is 1.90 bits per heavy atom. The van der Waals surface area contributed by atoms with Crippen molar-refractivity contribution < 1.29 is 13.2 Å². The molecule has 1 fully saturated rings. The van der Waals surface area contributed by atoms with Gasteiger partial charge in [-0.3, -0.25) is 16.1 Å². The maximum atomic E-state index is 12.7. The SMILES string of the molecule is CC1CN(C(=N)C(F)(F)F)C(=N)C(c2ccccc2)N1. The zero-order valence-electron chi connectivity index (χ0n) is 10.8. The Kier molecular flexibility index (Phi) is 3.80. The maximum absolute atomic E-state index is 12.7. The molecular weight excluding hydrogens is 269 g/mol. The van der Waals surface area contributed by atoms with E-state index in [1.54, 1.807) is 37.3 Å². The molecule has 1 heterocycles. The monoisotopic (exact) mass is 284 g/mol. The summed E-state index contributed by atoms with van der Waals surface area (Å²) in [6.45, 7) is 1.69. The van der Waals surface area contributed by atoms with Crippen LogP contribution in [0.15, 0.2) is 30.3 Å². The van der Waals surface area contributed by atoms with Gasteiger partial charge in [-0.05, 0) is 12.5 Å². The van der Waals surface area contributed by atoms with Gasteiger partial charge in [-0.1, -0.05) is 30.3 Å². The van der Waals surface area contributed by atoms with Crippen molar-refractivity contribution in [1.29, 1.82) is 10.8 Å². The van der Waals surface area contributed by atoms with Crippen LogP contribution in [-0.2, 0) is 0 Å². The Labute approximate surface area is 114 Å². The highest BCUT2D eigenvalue weighted by molar-refractivity contribution is 6.03. The van der Waals surface area contributed by atoms with Crippen LogP contribution in [0.25, 0.3) is 0 Å². The normalized spacial score (nSPS) is 23.8. The predicted molar refractivity (Wildman–Crippen MR) is 70.0 cm³/mol. The van der Waals surface area contributed by atoms with Gasteiger partial charge in [0.05, 0.1) is 6.04 Å². The number of alkyl halides is 3. The lowest BCUT2D eigenvalue weighted by atomic mass is 10.0. The van der Waals surface area contributed by atoms with E-state index in [1.165, 1.54) is 0 Å². The Balaban J connectivity index is 2.29. The van der Waals surface area contributed by atoms with E-state index < -0.39 is 18.1 Å². The summed E-state index contributed by atoms with van der Waals surface area (Å²) in [6, 6.07) is 7.94. The molecule has 20 heavy (non-hydrogen) atoms. The summed E-state index contributed by atoms with van der Waals surface area (Å²) in [6.07, 6.45) is -4.75. The number of halogens is 3. The molecular formula is C13H15F3N4. The van der Waals surface area contributed by atoms with Gasteiger partial charge in [0, 0.05) is 12.6 Å². The van der Waals surface area contributed by atoms with E-state index in [2.05, 4.69) is 5.32 Å². The Bertz CT molecular complexity index is 512. The van der Waals surface area contributed by atoms with Gasteiger partial charge < -0.3 is 4.90 Å². The average Bonchev–Trinajstić information content (AvgIpc) is 2.40. The first-order chi connectivity index (χ1) is 9.30. The van der Waals surface area contributed by atoms with Crippen LogP contribution in [0.4, 0.5) is 13.2 Å². The van der Waals surface area contributed by atoms with Crippen molar-refractivity contribution in [2.45, 2.75) is 25.2 Å². The number of hydrogen-bond acceptors (Lipinski definition) is 3. The molecule has 2 rings (SSSR count). The lowest BCUT2D eigenvalue weighted by molar-refractivity contribution is -0.0676. The van der Waals surface area contributed by atoms with Crippen LogP contribution < -0.4 is 5.32 Å². The fraction of sp³-hybridized carbons (Fsp3) is 0.385. The number of piperazine rings is 1. The standard InChI is InChI=1S/C13H15F3N4/c1-8-7-20(12(18)13(14,15)16)11(17)10(19-8)9-5-3-2-4-6-9/h2-6,8,10,17-19H,7H2,1H3. The fourth-order valence-corrected chi connectivity index (χ4v) is 2.21. The van der Waals surface area contributed by atoms with Gasteiger partial charge in [0.1, 0.15) is 5.84 Å². The summed E-state index contributed by atoms with van der Waals surface area (Å²) in [4.78, 5) is 0.721. The van der Waals surface area contributed by atoms with Crippen LogP contribution in [-0.4, -0.2) is 35.3 Å². The highest BCUT2D eigenvalue weighted by Gasteiger charge is 2.43. The maximum Gasteiger partial charge on any atom is 0.449 e. The molecule has 1 aliphatic rings. The number of benzene rings is 1. The third-order valence-corrected chi connectivity index (χ3v) is 3.14. The van der Waals surface area contributed by atoms with Crippen molar-refractivity contribution in [3.8, 4) is 0 Å². The number of amidine groups is 2. The summed E-state index contributed by atoms with van der Waals surface area (Å²) < 4.78 is 38.0. The van der Waals surface area contributed by atoms with Crippen molar-refractivity contribution in [2.24, 2.45) is 0 Å². The van der Waals surface area contributed by atoms with Gasteiger partial charge in [-0.2, -0.15) is 13.2 Å².